The van der Waals surface area contributed by atoms with Crippen LogP contribution in [0.1, 0.15) is 36.4 Å². The van der Waals surface area contributed by atoms with Crippen molar-refractivity contribution in [1.82, 2.24) is 4.90 Å². The van der Waals surface area contributed by atoms with Gasteiger partial charge in [-0.1, -0.05) is 36.2 Å². The van der Waals surface area contributed by atoms with E-state index < -0.39 is 0 Å². The molecule has 1 atom stereocenters. The van der Waals surface area contributed by atoms with Crippen LogP contribution < -0.4 is 0 Å². The van der Waals surface area contributed by atoms with Crippen molar-refractivity contribution in [2.24, 2.45) is 0 Å². The van der Waals surface area contributed by atoms with Gasteiger partial charge < -0.3 is 5.11 Å². The van der Waals surface area contributed by atoms with Crippen molar-refractivity contribution < 1.29 is 5.11 Å². The van der Waals surface area contributed by atoms with E-state index in [2.05, 4.69) is 36.1 Å². The Labute approximate surface area is 97.9 Å². The first-order valence-corrected chi connectivity index (χ1v) is 6.23. The molecule has 88 valence electrons. The maximum Gasteiger partial charge on any atom is 0.0628 e. The highest BCUT2D eigenvalue weighted by atomic mass is 16.3. The number of hydrogen-bond acceptors (Lipinski definition) is 2. The molecule has 1 fully saturated rings. The molecule has 1 aliphatic rings. The van der Waals surface area contributed by atoms with Crippen LogP contribution in [0.2, 0.25) is 0 Å². The van der Waals surface area contributed by atoms with Crippen LogP contribution in [-0.4, -0.2) is 29.7 Å². The van der Waals surface area contributed by atoms with E-state index in [1.807, 2.05) is 0 Å². The molecule has 2 nitrogen and oxygen atoms in total. The lowest BCUT2D eigenvalue weighted by atomic mass is 10.0. The van der Waals surface area contributed by atoms with Crippen LogP contribution in [0.15, 0.2) is 24.3 Å². The van der Waals surface area contributed by atoms with E-state index in [-0.39, 0.29) is 12.6 Å². The number of nitrogens with zero attached hydrogens (tertiary/aromatic N) is 1. The van der Waals surface area contributed by atoms with E-state index >= 15 is 0 Å². The number of aryl methyl sites for hydroxylation is 1. The highest BCUT2D eigenvalue weighted by Crippen LogP contribution is 2.24. The molecule has 0 radical (unpaired) electrons. The summed E-state index contributed by atoms with van der Waals surface area (Å²) < 4.78 is 0. The van der Waals surface area contributed by atoms with E-state index in [0.29, 0.717) is 0 Å². The van der Waals surface area contributed by atoms with Gasteiger partial charge in [0.05, 0.1) is 12.6 Å². The molecule has 2 rings (SSSR count). The maximum atomic E-state index is 9.58. The van der Waals surface area contributed by atoms with Gasteiger partial charge in [0.15, 0.2) is 0 Å². The molecule has 1 saturated heterocycles. The molecule has 2 heteroatoms. The molecule has 1 heterocycles. The Balaban J connectivity index is 2.14. The summed E-state index contributed by atoms with van der Waals surface area (Å²) in [4.78, 5) is 2.41. The number of benzene rings is 1. The number of rotatable bonds is 3. The molecule has 0 bridgehead atoms. The van der Waals surface area contributed by atoms with E-state index in [1.54, 1.807) is 0 Å². The minimum atomic E-state index is 0.195. The second-order valence-electron chi connectivity index (χ2n) is 4.71. The Hall–Kier alpha value is -0.860. The fourth-order valence-corrected chi connectivity index (χ4v) is 2.54. The standard InChI is InChI=1S/C14H21NO/c1-12-6-5-7-13(10-12)14(11-16)15-8-3-2-4-9-15/h5-7,10,14,16H,2-4,8-9,11H2,1H3/t14-/m0/s1. The molecule has 0 aliphatic carbocycles. The lowest BCUT2D eigenvalue weighted by Crippen LogP contribution is -2.35. The van der Waals surface area contributed by atoms with Gasteiger partial charge >= 0.3 is 0 Å². The SMILES string of the molecule is Cc1cccc([C@H](CO)N2CCCCC2)c1. The third kappa shape index (κ3) is 2.63. The van der Waals surface area contributed by atoms with Gasteiger partial charge in [-0.05, 0) is 38.4 Å². The number of aliphatic hydroxyl groups is 1. The van der Waals surface area contributed by atoms with Crippen molar-refractivity contribution in [3.8, 4) is 0 Å². The first-order chi connectivity index (χ1) is 7.81. The van der Waals surface area contributed by atoms with Crippen molar-refractivity contribution >= 4 is 0 Å². The lowest BCUT2D eigenvalue weighted by molar-refractivity contribution is 0.104. The number of piperidine rings is 1. The minimum absolute atomic E-state index is 0.195. The maximum absolute atomic E-state index is 9.58. The summed E-state index contributed by atoms with van der Waals surface area (Å²) in [6, 6.07) is 8.70. The van der Waals surface area contributed by atoms with Crippen LogP contribution >= 0.6 is 0 Å². The molecular formula is C14H21NO. The fourth-order valence-electron chi connectivity index (χ4n) is 2.54. The molecule has 1 aromatic rings. The summed E-state index contributed by atoms with van der Waals surface area (Å²) >= 11 is 0. The molecule has 1 aromatic carbocycles. The van der Waals surface area contributed by atoms with Gasteiger partial charge in [-0.3, -0.25) is 4.90 Å². The van der Waals surface area contributed by atoms with Crippen LogP contribution in [0.5, 0.6) is 0 Å². The van der Waals surface area contributed by atoms with Crippen molar-refractivity contribution in [1.29, 1.82) is 0 Å². The summed E-state index contributed by atoms with van der Waals surface area (Å²) in [5.74, 6) is 0. The zero-order valence-electron chi connectivity index (χ0n) is 10.0. The number of aliphatic hydroxyl groups excluding tert-OH is 1. The lowest BCUT2D eigenvalue weighted by Gasteiger charge is -2.33. The van der Waals surface area contributed by atoms with Gasteiger partial charge in [0.1, 0.15) is 0 Å². The highest BCUT2D eigenvalue weighted by Gasteiger charge is 2.21. The third-order valence-electron chi connectivity index (χ3n) is 3.43. The molecule has 0 amide bonds. The predicted octanol–water partition coefficient (Wildman–Crippen LogP) is 2.51. The van der Waals surface area contributed by atoms with Crippen LogP contribution in [0.4, 0.5) is 0 Å². The molecule has 1 aliphatic heterocycles. The Morgan fingerprint density at radius 3 is 2.62 bits per heavy atom. The van der Waals surface area contributed by atoms with Crippen LogP contribution in [0, 0.1) is 6.92 Å². The summed E-state index contributed by atoms with van der Waals surface area (Å²) in [5.41, 5.74) is 2.53. The summed E-state index contributed by atoms with van der Waals surface area (Å²) in [7, 11) is 0. The summed E-state index contributed by atoms with van der Waals surface area (Å²) in [5, 5.41) is 9.58. The monoisotopic (exact) mass is 219 g/mol. The summed E-state index contributed by atoms with van der Waals surface area (Å²) in [6.45, 7) is 4.58. The van der Waals surface area contributed by atoms with Crippen LogP contribution in [0.3, 0.4) is 0 Å². The van der Waals surface area contributed by atoms with Crippen molar-refractivity contribution in [3.05, 3.63) is 35.4 Å². The number of likely N-dealkylation sites (tertiary alicyclic amines) is 1. The van der Waals surface area contributed by atoms with E-state index in [9.17, 15) is 5.11 Å². The topological polar surface area (TPSA) is 23.5 Å². The fraction of sp³-hybridized carbons (Fsp3) is 0.571. The quantitative estimate of drug-likeness (QED) is 0.844. The highest BCUT2D eigenvalue weighted by molar-refractivity contribution is 5.25. The largest absolute Gasteiger partial charge is 0.394 e. The number of hydrogen-bond donors (Lipinski definition) is 1. The third-order valence-corrected chi connectivity index (χ3v) is 3.43. The van der Waals surface area contributed by atoms with Crippen LogP contribution in [-0.2, 0) is 0 Å². The van der Waals surface area contributed by atoms with Gasteiger partial charge in [0, 0.05) is 0 Å². The first kappa shape index (κ1) is 11.6. The van der Waals surface area contributed by atoms with Gasteiger partial charge in [-0.2, -0.15) is 0 Å². The first-order valence-electron chi connectivity index (χ1n) is 6.23. The van der Waals surface area contributed by atoms with E-state index in [1.165, 1.54) is 30.4 Å². The zero-order chi connectivity index (χ0) is 11.4. The van der Waals surface area contributed by atoms with Gasteiger partial charge in [0.25, 0.3) is 0 Å². The Morgan fingerprint density at radius 1 is 1.25 bits per heavy atom. The molecule has 0 unspecified atom stereocenters. The normalized spacial score (nSPS) is 19.6. The van der Waals surface area contributed by atoms with Crippen LogP contribution in [0.25, 0.3) is 0 Å². The minimum Gasteiger partial charge on any atom is -0.394 e. The predicted molar refractivity (Wildman–Crippen MR) is 66.4 cm³/mol. The molecular weight excluding hydrogens is 198 g/mol. The van der Waals surface area contributed by atoms with Gasteiger partial charge in [-0.25, -0.2) is 0 Å². The molecule has 16 heavy (non-hydrogen) atoms. The van der Waals surface area contributed by atoms with Gasteiger partial charge in [-0.15, -0.1) is 0 Å². The Kier molecular flexibility index (Phi) is 3.97. The molecule has 0 aromatic heterocycles. The average molecular weight is 219 g/mol. The smallest absolute Gasteiger partial charge is 0.0628 e. The second-order valence-corrected chi connectivity index (χ2v) is 4.71. The van der Waals surface area contributed by atoms with E-state index in [0.717, 1.165) is 13.1 Å². The van der Waals surface area contributed by atoms with E-state index in [4.69, 9.17) is 0 Å². The van der Waals surface area contributed by atoms with Crippen molar-refractivity contribution in [2.45, 2.75) is 32.2 Å². The second kappa shape index (κ2) is 5.46. The van der Waals surface area contributed by atoms with Crippen molar-refractivity contribution in [3.63, 3.8) is 0 Å². The average Bonchev–Trinajstić information content (AvgIpc) is 2.31. The Bertz CT molecular complexity index is 331. The summed E-state index contributed by atoms with van der Waals surface area (Å²) in [6.07, 6.45) is 3.87. The zero-order valence-corrected chi connectivity index (χ0v) is 10.0. The molecule has 1 N–H and O–H groups in total. The van der Waals surface area contributed by atoms with Gasteiger partial charge in [0.2, 0.25) is 0 Å². The molecule has 0 spiro atoms. The molecule has 0 saturated carbocycles. The van der Waals surface area contributed by atoms with Crippen molar-refractivity contribution in [2.75, 3.05) is 19.7 Å². The Morgan fingerprint density at radius 2 is 2.00 bits per heavy atom.